The number of hydrogen-bond acceptors (Lipinski definition) is 3. The number of benzene rings is 1. The minimum absolute atomic E-state index is 0.0499. The lowest BCUT2D eigenvalue weighted by Crippen LogP contribution is -2.19. The highest BCUT2D eigenvalue weighted by Gasteiger charge is 2.19. The minimum Gasteiger partial charge on any atom is -0.495 e. The number of nitrogens with zero attached hydrogens (tertiary/aromatic N) is 1. The van der Waals surface area contributed by atoms with Crippen molar-refractivity contribution in [1.29, 1.82) is 0 Å². The van der Waals surface area contributed by atoms with Gasteiger partial charge in [0.1, 0.15) is 11.4 Å². The van der Waals surface area contributed by atoms with Crippen molar-refractivity contribution in [2.24, 2.45) is 0 Å². The number of methoxy groups -OCH3 is 1. The van der Waals surface area contributed by atoms with Crippen molar-refractivity contribution in [3.05, 3.63) is 18.2 Å². The molecule has 1 aromatic rings. The first kappa shape index (κ1) is 9.83. The second kappa shape index (κ2) is 3.81. The van der Waals surface area contributed by atoms with E-state index in [9.17, 15) is 4.79 Å². The lowest BCUT2D eigenvalue weighted by Gasteiger charge is -2.20. The molecule has 80 valence electrons. The van der Waals surface area contributed by atoms with Crippen LogP contribution in [0.4, 0.5) is 11.4 Å². The predicted octanol–water partition coefficient (Wildman–Crippen LogP) is 1.47. The van der Waals surface area contributed by atoms with E-state index >= 15 is 0 Å². The van der Waals surface area contributed by atoms with E-state index in [1.165, 1.54) is 0 Å². The minimum atomic E-state index is 0.0499. The number of amides is 1. The van der Waals surface area contributed by atoms with Crippen LogP contribution in [-0.4, -0.2) is 26.6 Å². The van der Waals surface area contributed by atoms with E-state index in [-0.39, 0.29) is 5.91 Å². The molecule has 4 nitrogen and oxygen atoms in total. The van der Waals surface area contributed by atoms with Gasteiger partial charge in [0, 0.05) is 20.0 Å². The smallest absolute Gasteiger partial charge is 0.226 e. The molecular formula is C11H14N2O2. The van der Waals surface area contributed by atoms with Gasteiger partial charge in [0.25, 0.3) is 0 Å². The highest BCUT2D eigenvalue weighted by atomic mass is 16.5. The van der Waals surface area contributed by atoms with Gasteiger partial charge < -0.3 is 15.0 Å². The van der Waals surface area contributed by atoms with Crippen LogP contribution in [0.25, 0.3) is 0 Å². The molecule has 0 fully saturated rings. The first-order valence-electron chi connectivity index (χ1n) is 4.90. The molecular weight excluding hydrogens is 192 g/mol. The van der Waals surface area contributed by atoms with Crippen molar-refractivity contribution >= 4 is 17.3 Å². The number of rotatable bonds is 1. The van der Waals surface area contributed by atoms with Crippen molar-refractivity contribution in [3.8, 4) is 5.75 Å². The average molecular weight is 206 g/mol. The summed E-state index contributed by atoms with van der Waals surface area (Å²) in [6, 6.07) is 5.65. The van der Waals surface area contributed by atoms with Crippen LogP contribution >= 0.6 is 0 Å². The molecule has 1 N–H and O–H groups in total. The van der Waals surface area contributed by atoms with Gasteiger partial charge >= 0.3 is 0 Å². The number of ether oxygens (including phenoxy) is 1. The van der Waals surface area contributed by atoms with E-state index in [2.05, 4.69) is 5.32 Å². The van der Waals surface area contributed by atoms with Gasteiger partial charge in [-0.05, 0) is 12.1 Å². The Morgan fingerprint density at radius 1 is 1.47 bits per heavy atom. The van der Waals surface area contributed by atoms with Crippen LogP contribution in [0.3, 0.4) is 0 Å². The molecule has 0 radical (unpaired) electrons. The summed E-state index contributed by atoms with van der Waals surface area (Å²) >= 11 is 0. The van der Waals surface area contributed by atoms with Crippen LogP contribution in [-0.2, 0) is 4.79 Å². The van der Waals surface area contributed by atoms with Crippen LogP contribution < -0.4 is 15.0 Å². The summed E-state index contributed by atoms with van der Waals surface area (Å²) in [5.74, 6) is 0.839. The third kappa shape index (κ3) is 1.75. The molecule has 0 saturated heterocycles. The summed E-state index contributed by atoms with van der Waals surface area (Å²) in [5.41, 5.74) is 1.77. The monoisotopic (exact) mass is 206 g/mol. The van der Waals surface area contributed by atoms with Crippen LogP contribution in [0.5, 0.6) is 5.75 Å². The number of para-hydroxylation sites is 1. The first-order valence-corrected chi connectivity index (χ1v) is 4.90. The normalized spacial score (nSPS) is 15.3. The Hall–Kier alpha value is -1.71. The van der Waals surface area contributed by atoms with Gasteiger partial charge in [-0.25, -0.2) is 0 Å². The molecule has 0 unspecified atom stereocenters. The second-order valence-corrected chi connectivity index (χ2v) is 3.58. The van der Waals surface area contributed by atoms with Crippen LogP contribution in [0.1, 0.15) is 6.42 Å². The lowest BCUT2D eigenvalue weighted by molar-refractivity contribution is -0.115. The van der Waals surface area contributed by atoms with Gasteiger partial charge in [0.15, 0.2) is 0 Å². The third-order valence-electron chi connectivity index (χ3n) is 2.55. The highest BCUT2D eigenvalue weighted by Crippen LogP contribution is 2.36. The van der Waals surface area contributed by atoms with Crippen molar-refractivity contribution < 1.29 is 9.53 Å². The molecule has 15 heavy (non-hydrogen) atoms. The van der Waals surface area contributed by atoms with Crippen molar-refractivity contribution in [3.63, 3.8) is 0 Å². The number of hydrogen-bond donors (Lipinski definition) is 1. The number of anilines is 2. The zero-order valence-corrected chi connectivity index (χ0v) is 8.91. The Labute approximate surface area is 88.8 Å². The average Bonchev–Trinajstić information content (AvgIpc) is 2.38. The summed E-state index contributed by atoms with van der Waals surface area (Å²) in [6.07, 6.45) is 0.508. The molecule has 0 aliphatic carbocycles. The van der Waals surface area contributed by atoms with Gasteiger partial charge in [-0.1, -0.05) is 6.07 Å². The largest absolute Gasteiger partial charge is 0.495 e. The summed E-state index contributed by atoms with van der Waals surface area (Å²) < 4.78 is 5.28. The Morgan fingerprint density at radius 3 is 3.00 bits per heavy atom. The Kier molecular flexibility index (Phi) is 2.49. The summed E-state index contributed by atoms with van der Waals surface area (Å²) in [7, 11) is 3.60. The predicted molar refractivity (Wildman–Crippen MR) is 59.5 cm³/mol. The zero-order valence-electron chi connectivity index (χ0n) is 8.91. The van der Waals surface area contributed by atoms with E-state index in [0.717, 1.165) is 17.1 Å². The third-order valence-corrected chi connectivity index (χ3v) is 2.55. The van der Waals surface area contributed by atoms with Crippen molar-refractivity contribution in [2.45, 2.75) is 6.42 Å². The fourth-order valence-electron chi connectivity index (χ4n) is 1.78. The maximum absolute atomic E-state index is 11.4. The first-order chi connectivity index (χ1) is 7.22. The fourth-order valence-corrected chi connectivity index (χ4v) is 1.78. The maximum atomic E-state index is 11.4. The quantitative estimate of drug-likeness (QED) is 0.756. The number of fused-ring (bicyclic) bond motifs is 1. The second-order valence-electron chi connectivity index (χ2n) is 3.58. The SMILES string of the molecule is COc1cccc2c1N(C)CCC(=O)N2. The van der Waals surface area contributed by atoms with E-state index < -0.39 is 0 Å². The van der Waals surface area contributed by atoms with Gasteiger partial charge in [-0.2, -0.15) is 0 Å². The molecule has 1 amide bonds. The van der Waals surface area contributed by atoms with E-state index in [1.54, 1.807) is 7.11 Å². The van der Waals surface area contributed by atoms with E-state index in [0.29, 0.717) is 13.0 Å². The van der Waals surface area contributed by atoms with Gasteiger partial charge in [-0.15, -0.1) is 0 Å². The lowest BCUT2D eigenvalue weighted by atomic mass is 10.2. The molecule has 0 aromatic heterocycles. The number of carbonyl (C=O) groups is 1. The van der Waals surface area contributed by atoms with Crippen molar-refractivity contribution in [1.82, 2.24) is 0 Å². The molecule has 0 saturated carbocycles. The standard InChI is InChI=1S/C11H14N2O2/c1-13-7-6-10(14)12-8-4-3-5-9(15-2)11(8)13/h3-5H,6-7H2,1-2H3,(H,12,14). The molecule has 0 atom stereocenters. The molecule has 4 heteroatoms. The molecule has 1 aromatic carbocycles. The maximum Gasteiger partial charge on any atom is 0.226 e. The Bertz CT molecular complexity index is 390. The van der Waals surface area contributed by atoms with Crippen LogP contribution in [0, 0.1) is 0 Å². The molecule has 0 bridgehead atoms. The van der Waals surface area contributed by atoms with E-state index in [4.69, 9.17) is 4.74 Å². The van der Waals surface area contributed by atoms with Gasteiger partial charge in [0.2, 0.25) is 5.91 Å². The molecule has 0 spiro atoms. The summed E-state index contributed by atoms with van der Waals surface area (Å²) in [4.78, 5) is 13.4. The number of carbonyl (C=O) groups excluding carboxylic acids is 1. The Morgan fingerprint density at radius 2 is 2.27 bits per heavy atom. The summed E-state index contributed by atoms with van der Waals surface area (Å²) in [5, 5.41) is 2.87. The summed E-state index contributed by atoms with van der Waals surface area (Å²) in [6.45, 7) is 0.708. The van der Waals surface area contributed by atoms with Crippen LogP contribution in [0.15, 0.2) is 18.2 Å². The molecule has 1 aliphatic heterocycles. The topological polar surface area (TPSA) is 41.6 Å². The molecule has 2 rings (SSSR count). The van der Waals surface area contributed by atoms with Gasteiger partial charge in [0.05, 0.1) is 12.8 Å². The van der Waals surface area contributed by atoms with Crippen molar-refractivity contribution in [2.75, 3.05) is 30.9 Å². The number of nitrogens with one attached hydrogen (secondary N) is 1. The van der Waals surface area contributed by atoms with E-state index in [1.807, 2.05) is 30.1 Å². The van der Waals surface area contributed by atoms with Crippen LogP contribution in [0.2, 0.25) is 0 Å². The Balaban J connectivity index is 2.51. The fraction of sp³-hybridized carbons (Fsp3) is 0.364. The molecule has 1 aliphatic rings. The highest BCUT2D eigenvalue weighted by molar-refractivity contribution is 5.97. The zero-order chi connectivity index (χ0) is 10.8. The molecule has 1 heterocycles. The van der Waals surface area contributed by atoms with Gasteiger partial charge in [-0.3, -0.25) is 4.79 Å².